The molecule has 3 atom stereocenters. The largest absolute Gasteiger partial charge is 0.423 e. The Labute approximate surface area is 134 Å². The Morgan fingerprint density at radius 2 is 2.18 bits per heavy atom. The summed E-state index contributed by atoms with van der Waals surface area (Å²) in [4.78, 5) is 4.06. The van der Waals surface area contributed by atoms with E-state index in [1.807, 2.05) is 18.3 Å². The third kappa shape index (κ3) is 2.59. The highest BCUT2D eigenvalue weighted by Gasteiger charge is 2.41. The molecule has 2 aromatic rings. The molecule has 0 bridgehead atoms. The van der Waals surface area contributed by atoms with Gasteiger partial charge in [-0.25, -0.2) is 0 Å². The minimum Gasteiger partial charge on any atom is -0.423 e. The fourth-order valence-corrected chi connectivity index (χ4v) is 4.52. The highest BCUT2D eigenvalue weighted by Crippen LogP contribution is 2.38. The van der Waals surface area contributed by atoms with E-state index in [4.69, 9.17) is 9.15 Å². The summed E-state index contributed by atoms with van der Waals surface area (Å²) < 4.78 is 11.8. The number of thiophene rings is 1. The molecule has 0 spiro atoms. The summed E-state index contributed by atoms with van der Waals surface area (Å²) in [6, 6.07) is 2.74. The van der Waals surface area contributed by atoms with E-state index in [-0.39, 0.29) is 6.10 Å². The number of rotatable bonds is 3. The molecule has 2 aliphatic heterocycles. The summed E-state index contributed by atoms with van der Waals surface area (Å²) in [6.07, 6.45) is 3.47. The van der Waals surface area contributed by atoms with Crippen LogP contribution in [0.3, 0.4) is 0 Å². The molecule has 2 aromatic heterocycles. The van der Waals surface area contributed by atoms with Crippen molar-refractivity contribution >= 4 is 11.3 Å². The third-order valence-corrected chi connectivity index (χ3v) is 5.80. The molecule has 6 heteroatoms. The summed E-state index contributed by atoms with van der Waals surface area (Å²) in [5.74, 6) is 1.26. The maximum Gasteiger partial charge on any atom is 0.245 e. The Kier molecular flexibility index (Phi) is 3.76. The van der Waals surface area contributed by atoms with Gasteiger partial charge in [0.25, 0.3) is 0 Å². The SMILES string of the molecule is Cc1nnc([C@@H]2CC[C@@H]3[C@@H](CCN3Cc3sccc3C)O2)o1. The Hall–Kier alpha value is -1.24. The highest BCUT2D eigenvalue weighted by molar-refractivity contribution is 7.10. The van der Waals surface area contributed by atoms with Gasteiger partial charge < -0.3 is 9.15 Å². The van der Waals surface area contributed by atoms with Gasteiger partial charge >= 0.3 is 0 Å². The van der Waals surface area contributed by atoms with Crippen LogP contribution in [-0.2, 0) is 11.3 Å². The fourth-order valence-electron chi connectivity index (χ4n) is 3.59. The zero-order valence-corrected chi connectivity index (χ0v) is 13.8. The molecular weight excluding hydrogens is 298 g/mol. The average molecular weight is 319 g/mol. The number of aryl methyl sites for hydroxylation is 2. The van der Waals surface area contributed by atoms with Crippen molar-refractivity contribution in [2.24, 2.45) is 0 Å². The maximum absolute atomic E-state index is 6.25. The molecule has 4 rings (SSSR count). The molecule has 0 saturated carbocycles. The van der Waals surface area contributed by atoms with Gasteiger partial charge in [0.15, 0.2) is 0 Å². The van der Waals surface area contributed by atoms with Crippen molar-refractivity contribution in [1.29, 1.82) is 0 Å². The van der Waals surface area contributed by atoms with E-state index in [0.29, 0.717) is 23.9 Å². The quantitative estimate of drug-likeness (QED) is 0.869. The zero-order valence-electron chi connectivity index (χ0n) is 13.0. The fraction of sp³-hybridized carbons (Fsp3) is 0.625. The summed E-state index contributed by atoms with van der Waals surface area (Å²) >= 11 is 1.86. The Morgan fingerprint density at radius 1 is 1.27 bits per heavy atom. The molecule has 0 N–H and O–H groups in total. The van der Waals surface area contributed by atoms with Gasteiger partial charge in [-0.2, -0.15) is 0 Å². The van der Waals surface area contributed by atoms with E-state index >= 15 is 0 Å². The lowest BCUT2D eigenvalue weighted by Gasteiger charge is -2.34. The molecular formula is C16H21N3O2S. The molecule has 0 unspecified atom stereocenters. The van der Waals surface area contributed by atoms with E-state index in [0.717, 1.165) is 32.4 Å². The van der Waals surface area contributed by atoms with Crippen LogP contribution in [-0.4, -0.2) is 33.8 Å². The Bertz CT molecular complexity index is 653. The normalized spacial score (nSPS) is 28.9. The van der Waals surface area contributed by atoms with Gasteiger partial charge in [-0.1, -0.05) is 0 Å². The van der Waals surface area contributed by atoms with Crippen LogP contribution in [0.25, 0.3) is 0 Å². The number of aromatic nitrogens is 2. The molecule has 2 fully saturated rings. The number of hydrogen-bond donors (Lipinski definition) is 0. The number of ether oxygens (including phenoxy) is 1. The molecule has 0 amide bonds. The van der Waals surface area contributed by atoms with Crippen molar-refractivity contribution in [1.82, 2.24) is 15.1 Å². The number of fused-ring (bicyclic) bond motifs is 1. The summed E-state index contributed by atoms with van der Waals surface area (Å²) in [7, 11) is 0. The molecule has 0 aromatic carbocycles. The van der Waals surface area contributed by atoms with Crippen molar-refractivity contribution in [2.45, 2.75) is 57.9 Å². The number of hydrogen-bond acceptors (Lipinski definition) is 6. The predicted molar refractivity (Wildman–Crippen MR) is 83.8 cm³/mol. The van der Waals surface area contributed by atoms with Crippen molar-refractivity contribution in [3.63, 3.8) is 0 Å². The lowest BCUT2D eigenvalue weighted by molar-refractivity contribution is -0.0817. The van der Waals surface area contributed by atoms with E-state index in [1.165, 1.54) is 10.4 Å². The first-order valence-corrected chi connectivity index (χ1v) is 8.81. The van der Waals surface area contributed by atoms with Crippen LogP contribution in [0.5, 0.6) is 0 Å². The van der Waals surface area contributed by atoms with Crippen molar-refractivity contribution in [3.8, 4) is 0 Å². The molecule has 0 radical (unpaired) electrons. The van der Waals surface area contributed by atoms with Gasteiger partial charge in [-0.05, 0) is 43.2 Å². The summed E-state index contributed by atoms with van der Waals surface area (Å²) in [5.41, 5.74) is 1.41. The van der Waals surface area contributed by atoms with Crippen LogP contribution in [0.15, 0.2) is 15.9 Å². The number of likely N-dealkylation sites (tertiary alicyclic amines) is 1. The monoisotopic (exact) mass is 319 g/mol. The molecule has 22 heavy (non-hydrogen) atoms. The second kappa shape index (κ2) is 5.76. The van der Waals surface area contributed by atoms with Crippen molar-refractivity contribution in [3.05, 3.63) is 33.7 Å². The molecule has 118 valence electrons. The second-order valence-electron chi connectivity index (χ2n) is 6.25. The first kappa shape index (κ1) is 14.4. The van der Waals surface area contributed by atoms with Crippen LogP contribution in [0, 0.1) is 13.8 Å². The van der Waals surface area contributed by atoms with Gasteiger partial charge in [0, 0.05) is 30.9 Å². The predicted octanol–water partition coefficient (Wildman–Crippen LogP) is 3.24. The average Bonchev–Trinajstić information content (AvgIpc) is 3.21. The maximum atomic E-state index is 6.25. The van der Waals surface area contributed by atoms with E-state index in [1.54, 1.807) is 0 Å². The smallest absolute Gasteiger partial charge is 0.245 e. The minimum atomic E-state index is -0.0223. The number of nitrogens with zero attached hydrogens (tertiary/aromatic N) is 3. The molecule has 2 aliphatic rings. The van der Waals surface area contributed by atoms with Crippen LogP contribution >= 0.6 is 11.3 Å². The third-order valence-electron chi connectivity index (χ3n) is 4.79. The Balaban J connectivity index is 1.43. The topological polar surface area (TPSA) is 51.4 Å². The standard InChI is InChI=1S/C16H21N3O2S/c1-10-6-8-22-15(10)9-19-7-5-13-12(19)3-4-14(21-13)16-18-17-11(2)20-16/h6,8,12-14H,3-5,7,9H2,1-2H3/t12-,13-,14+/m1/s1. The van der Waals surface area contributed by atoms with E-state index < -0.39 is 0 Å². The molecule has 0 aliphatic carbocycles. The highest BCUT2D eigenvalue weighted by atomic mass is 32.1. The van der Waals surface area contributed by atoms with E-state index in [9.17, 15) is 0 Å². The van der Waals surface area contributed by atoms with Gasteiger partial charge in [-0.3, -0.25) is 4.90 Å². The minimum absolute atomic E-state index is 0.0223. The van der Waals surface area contributed by atoms with Crippen LogP contribution in [0.2, 0.25) is 0 Å². The van der Waals surface area contributed by atoms with E-state index in [2.05, 4.69) is 33.5 Å². The van der Waals surface area contributed by atoms with Gasteiger partial charge in [0.1, 0.15) is 6.10 Å². The lowest BCUT2D eigenvalue weighted by atomic mass is 9.99. The molecule has 2 saturated heterocycles. The zero-order chi connectivity index (χ0) is 15.1. The summed E-state index contributed by atoms with van der Waals surface area (Å²) in [6.45, 7) is 6.19. The first-order valence-electron chi connectivity index (χ1n) is 7.93. The van der Waals surface area contributed by atoms with Crippen LogP contribution < -0.4 is 0 Å². The van der Waals surface area contributed by atoms with Crippen molar-refractivity contribution in [2.75, 3.05) is 6.54 Å². The lowest BCUT2D eigenvalue weighted by Crippen LogP contribution is -2.40. The van der Waals surface area contributed by atoms with Gasteiger partial charge in [0.05, 0.1) is 6.10 Å². The summed E-state index contributed by atoms with van der Waals surface area (Å²) in [5, 5.41) is 10.2. The van der Waals surface area contributed by atoms with Gasteiger partial charge in [-0.15, -0.1) is 21.5 Å². The second-order valence-corrected chi connectivity index (χ2v) is 7.25. The molecule has 5 nitrogen and oxygen atoms in total. The Morgan fingerprint density at radius 3 is 2.91 bits per heavy atom. The first-order chi connectivity index (χ1) is 10.7. The van der Waals surface area contributed by atoms with Crippen LogP contribution in [0.1, 0.15) is 47.6 Å². The van der Waals surface area contributed by atoms with Crippen molar-refractivity contribution < 1.29 is 9.15 Å². The van der Waals surface area contributed by atoms with Gasteiger partial charge in [0.2, 0.25) is 11.8 Å². The molecule has 4 heterocycles. The van der Waals surface area contributed by atoms with Crippen LogP contribution in [0.4, 0.5) is 0 Å².